The summed E-state index contributed by atoms with van der Waals surface area (Å²) in [6.07, 6.45) is 11.4. The first kappa shape index (κ1) is 45.2. The van der Waals surface area contributed by atoms with Crippen molar-refractivity contribution in [1.82, 2.24) is 36.0 Å². The van der Waals surface area contributed by atoms with Gasteiger partial charge in [0, 0.05) is 96.6 Å². The normalized spacial score (nSPS) is 16.9. The van der Waals surface area contributed by atoms with Gasteiger partial charge in [-0.2, -0.15) is 5.06 Å². The number of hydrogen-bond donors (Lipinski definition) is 6. The molecule has 1 aliphatic carbocycles. The number of carbonyl (C=O) groups is 7. The van der Waals surface area contributed by atoms with Crippen LogP contribution >= 0.6 is 0 Å². The van der Waals surface area contributed by atoms with Crippen LogP contribution < -0.4 is 16.0 Å². The first-order valence-corrected chi connectivity index (χ1v) is 19.1. The van der Waals surface area contributed by atoms with E-state index in [1.54, 1.807) is 7.05 Å². The maximum atomic E-state index is 12.6. The minimum absolute atomic E-state index is 0.00102. The Morgan fingerprint density at radius 2 is 1.06 bits per heavy atom. The molecule has 1 saturated carbocycles. The van der Waals surface area contributed by atoms with Crippen molar-refractivity contribution in [2.45, 2.75) is 109 Å². The molecule has 0 atom stereocenters. The van der Waals surface area contributed by atoms with Crippen LogP contribution in [0.5, 0.6) is 0 Å². The number of nitrogens with one attached hydrogen (secondary N) is 3. The number of hydroxylamine groups is 6. The van der Waals surface area contributed by atoms with Gasteiger partial charge in [-0.25, -0.2) is 10.1 Å². The van der Waals surface area contributed by atoms with Crippen molar-refractivity contribution in [3.05, 3.63) is 12.2 Å². The summed E-state index contributed by atoms with van der Waals surface area (Å²) < 4.78 is 0. The number of unbranched alkanes of at least 4 members (excludes halogenated alkanes) is 6. The molecule has 0 unspecified atom stereocenters. The molecule has 0 saturated heterocycles. The van der Waals surface area contributed by atoms with E-state index in [-0.39, 0.29) is 80.1 Å². The average Bonchev–Trinajstić information content (AvgIpc) is 3.45. The van der Waals surface area contributed by atoms with E-state index in [2.05, 4.69) is 16.0 Å². The monoisotopic (exact) mass is 751 g/mol. The molecular formula is C36H61N7O10. The van der Waals surface area contributed by atoms with Gasteiger partial charge in [-0.15, -0.1) is 0 Å². The number of rotatable bonds is 27. The summed E-state index contributed by atoms with van der Waals surface area (Å²) in [5.41, 5.74) is 0. The van der Waals surface area contributed by atoms with Gasteiger partial charge in [0.15, 0.2) is 0 Å². The maximum absolute atomic E-state index is 12.6. The van der Waals surface area contributed by atoms with Gasteiger partial charge < -0.3 is 21.2 Å². The van der Waals surface area contributed by atoms with Gasteiger partial charge in [-0.05, 0) is 83.0 Å². The second-order valence-electron chi connectivity index (χ2n) is 13.9. The molecule has 0 aromatic carbocycles. The smallest absolute Gasteiger partial charge is 0.253 e. The Labute approximate surface area is 312 Å². The van der Waals surface area contributed by atoms with Gasteiger partial charge in [0.05, 0.1) is 0 Å². The van der Waals surface area contributed by atoms with Gasteiger partial charge in [0.25, 0.3) is 11.8 Å². The molecule has 0 radical (unpaired) electrons. The summed E-state index contributed by atoms with van der Waals surface area (Å²) >= 11 is 0. The Bertz CT molecular complexity index is 1200. The third-order valence-corrected chi connectivity index (χ3v) is 9.46. The lowest BCUT2D eigenvalue weighted by molar-refractivity contribution is -0.166. The minimum atomic E-state index is -0.550. The molecule has 2 rings (SSSR count). The van der Waals surface area contributed by atoms with E-state index < -0.39 is 11.8 Å². The first-order valence-electron chi connectivity index (χ1n) is 19.1. The van der Waals surface area contributed by atoms with Gasteiger partial charge in [-0.1, -0.05) is 6.42 Å². The SMILES string of the molecule is CN(O)CCCCCNC(=O)CCC(=O)N(O)CCCCCNC(=O)CCC(=O)N(O)CCCCCNC(=O)C1CCC(CN2C(=O)C=CC2=O)CC1. The van der Waals surface area contributed by atoms with Crippen LogP contribution in [0.1, 0.15) is 109 Å². The second-order valence-corrected chi connectivity index (χ2v) is 13.9. The Morgan fingerprint density at radius 3 is 1.51 bits per heavy atom. The molecule has 1 heterocycles. The van der Waals surface area contributed by atoms with Gasteiger partial charge in [0.2, 0.25) is 29.5 Å². The van der Waals surface area contributed by atoms with Crippen LogP contribution in [-0.2, 0) is 33.6 Å². The number of carbonyl (C=O) groups excluding carboxylic acids is 7. The molecule has 0 spiro atoms. The van der Waals surface area contributed by atoms with Crippen LogP contribution in [0.2, 0.25) is 0 Å². The average molecular weight is 752 g/mol. The summed E-state index contributed by atoms with van der Waals surface area (Å²) in [4.78, 5) is 85.6. The zero-order chi connectivity index (χ0) is 39.0. The predicted octanol–water partition coefficient (Wildman–Crippen LogP) is 1.89. The standard InChI is InChI=1S/C36H61N7O10/c1-40(51)24-8-2-5-21-37-30(44)15-17-34(48)42(52)25-9-3-6-22-38-31(45)16-18-35(49)43(53)26-10-4-7-23-39-36(50)29-13-11-28(12-14-29)27-41-32(46)19-20-33(41)47/h19-20,28-29,51-53H,2-18,21-27H2,1H3,(H,37,44)(H,38,45)(H,39,50). The van der Waals surface area contributed by atoms with Crippen LogP contribution in [0, 0.1) is 11.8 Å². The number of imide groups is 1. The molecule has 300 valence electrons. The number of amides is 7. The quantitative estimate of drug-likeness (QED) is 0.0307. The van der Waals surface area contributed by atoms with Crippen LogP contribution in [0.3, 0.4) is 0 Å². The van der Waals surface area contributed by atoms with Crippen LogP contribution in [0.4, 0.5) is 0 Å². The van der Waals surface area contributed by atoms with E-state index in [1.807, 2.05) is 0 Å². The third kappa shape index (κ3) is 19.6. The molecule has 2 aliphatic rings. The molecule has 17 nitrogen and oxygen atoms in total. The van der Waals surface area contributed by atoms with E-state index in [0.717, 1.165) is 37.2 Å². The van der Waals surface area contributed by atoms with E-state index >= 15 is 0 Å². The highest BCUT2D eigenvalue weighted by atomic mass is 16.5. The largest absolute Gasteiger partial charge is 0.356 e. The molecular weight excluding hydrogens is 690 g/mol. The Hall–Kier alpha value is -3.93. The molecule has 1 aliphatic heterocycles. The second kappa shape index (κ2) is 25.9. The Balaban J connectivity index is 1.40. The molecule has 0 bridgehead atoms. The summed E-state index contributed by atoms with van der Waals surface area (Å²) in [7, 11) is 1.58. The summed E-state index contributed by atoms with van der Waals surface area (Å²) in [5.74, 6) is -2.09. The highest BCUT2D eigenvalue weighted by Crippen LogP contribution is 2.30. The van der Waals surface area contributed by atoms with Crippen molar-refractivity contribution in [3.8, 4) is 0 Å². The first-order chi connectivity index (χ1) is 25.4. The highest BCUT2D eigenvalue weighted by molar-refractivity contribution is 6.12. The lowest BCUT2D eigenvalue weighted by atomic mass is 9.81. The van der Waals surface area contributed by atoms with Crippen molar-refractivity contribution in [1.29, 1.82) is 0 Å². The zero-order valence-electron chi connectivity index (χ0n) is 31.3. The van der Waals surface area contributed by atoms with E-state index in [9.17, 15) is 44.0 Å². The van der Waals surface area contributed by atoms with Gasteiger partial charge in [-0.3, -0.25) is 48.9 Å². The molecule has 53 heavy (non-hydrogen) atoms. The molecule has 17 heteroatoms. The van der Waals surface area contributed by atoms with Crippen molar-refractivity contribution < 1.29 is 49.2 Å². The molecule has 1 fully saturated rings. The maximum Gasteiger partial charge on any atom is 0.253 e. The van der Waals surface area contributed by atoms with Crippen LogP contribution in [-0.4, -0.2) is 130 Å². The molecule has 6 N–H and O–H groups in total. The fourth-order valence-corrected chi connectivity index (χ4v) is 6.18. The highest BCUT2D eigenvalue weighted by Gasteiger charge is 2.31. The topological polar surface area (TPSA) is 229 Å². The Kier molecular flexibility index (Phi) is 22.1. The van der Waals surface area contributed by atoms with Gasteiger partial charge >= 0.3 is 0 Å². The summed E-state index contributed by atoms with van der Waals surface area (Å²) in [5, 5.41) is 39.8. The predicted molar refractivity (Wildman–Crippen MR) is 192 cm³/mol. The minimum Gasteiger partial charge on any atom is -0.356 e. The Morgan fingerprint density at radius 1 is 0.623 bits per heavy atom. The molecule has 7 amide bonds. The van der Waals surface area contributed by atoms with E-state index in [1.165, 1.54) is 17.1 Å². The lowest BCUT2D eigenvalue weighted by Crippen LogP contribution is -2.38. The number of nitrogens with zero attached hydrogens (tertiary/aromatic N) is 4. The van der Waals surface area contributed by atoms with Crippen LogP contribution in [0.15, 0.2) is 12.2 Å². The van der Waals surface area contributed by atoms with Crippen molar-refractivity contribution in [3.63, 3.8) is 0 Å². The fourth-order valence-electron chi connectivity index (χ4n) is 6.18. The van der Waals surface area contributed by atoms with E-state index in [0.29, 0.717) is 94.2 Å². The zero-order valence-corrected chi connectivity index (χ0v) is 31.3. The van der Waals surface area contributed by atoms with Crippen LogP contribution in [0.25, 0.3) is 0 Å². The van der Waals surface area contributed by atoms with E-state index in [4.69, 9.17) is 5.21 Å². The fraction of sp³-hybridized carbons (Fsp3) is 0.750. The summed E-state index contributed by atoms with van der Waals surface area (Å²) in [6.45, 7) is 2.54. The molecule has 0 aromatic rings. The van der Waals surface area contributed by atoms with Crippen molar-refractivity contribution in [2.75, 3.05) is 52.9 Å². The third-order valence-electron chi connectivity index (χ3n) is 9.46. The number of hydrogen-bond acceptors (Lipinski definition) is 11. The van der Waals surface area contributed by atoms with Crippen molar-refractivity contribution >= 4 is 41.4 Å². The summed E-state index contributed by atoms with van der Waals surface area (Å²) in [6, 6.07) is 0. The molecule has 0 aromatic heterocycles. The lowest BCUT2D eigenvalue weighted by Gasteiger charge is -2.30. The van der Waals surface area contributed by atoms with Gasteiger partial charge in [0.1, 0.15) is 0 Å². The van der Waals surface area contributed by atoms with Crippen molar-refractivity contribution in [2.24, 2.45) is 11.8 Å².